The first-order chi connectivity index (χ1) is 9.29. The second-order valence-corrected chi connectivity index (χ2v) is 5.80. The summed E-state index contributed by atoms with van der Waals surface area (Å²) >= 11 is 2.10. The van der Waals surface area contributed by atoms with Crippen LogP contribution in [0.5, 0.6) is 0 Å². The van der Waals surface area contributed by atoms with E-state index in [1.165, 1.54) is 21.9 Å². The van der Waals surface area contributed by atoms with E-state index in [9.17, 15) is 4.79 Å². The molecule has 0 bridgehead atoms. The van der Waals surface area contributed by atoms with Gasteiger partial charge in [-0.05, 0) is 34.7 Å². The number of rotatable bonds is 3. The molecule has 1 amide bonds. The minimum absolute atomic E-state index is 0.131. The van der Waals surface area contributed by atoms with Gasteiger partial charge in [-0.15, -0.1) is 0 Å². The Kier molecular flexibility index (Phi) is 3.73. The van der Waals surface area contributed by atoms with Gasteiger partial charge < -0.3 is 5.32 Å². The van der Waals surface area contributed by atoms with Crippen molar-refractivity contribution in [2.75, 3.05) is 11.0 Å². The minimum atomic E-state index is 0.131. The van der Waals surface area contributed by atoms with Crippen molar-refractivity contribution in [2.45, 2.75) is 18.8 Å². The molecule has 1 N–H and O–H groups in total. The van der Waals surface area contributed by atoms with E-state index in [4.69, 9.17) is 0 Å². The highest BCUT2D eigenvalue weighted by Gasteiger charge is 2.21. The summed E-state index contributed by atoms with van der Waals surface area (Å²) in [7, 11) is 0. The Labute approximate surface area is 126 Å². The smallest absolute Gasteiger partial charge is 0.229 e. The van der Waals surface area contributed by atoms with E-state index in [1.807, 2.05) is 0 Å². The Morgan fingerprint density at radius 2 is 2.05 bits per heavy atom. The van der Waals surface area contributed by atoms with Crippen LogP contribution in [0.15, 0.2) is 36.4 Å². The van der Waals surface area contributed by atoms with Gasteiger partial charge in [0.25, 0.3) is 0 Å². The molecule has 1 atom stereocenters. The van der Waals surface area contributed by atoms with Crippen LogP contribution in [0.25, 0.3) is 10.8 Å². The summed E-state index contributed by atoms with van der Waals surface area (Å²) in [5, 5.41) is 5.76. The number of halogens is 1. The zero-order valence-electron chi connectivity index (χ0n) is 10.7. The van der Waals surface area contributed by atoms with Gasteiger partial charge in [0.2, 0.25) is 5.91 Å². The summed E-state index contributed by atoms with van der Waals surface area (Å²) in [4.78, 5) is 11.4. The van der Waals surface area contributed by atoms with Gasteiger partial charge in [-0.25, -0.2) is 0 Å². The predicted octanol–water partition coefficient (Wildman–Crippen LogP) is 3.42. The zero-order chi connectivity index (χ0) is 13.2. The number of nitrogens with one attached hydrogen (secondary N) is 1. The fourth-order valence-corrected chi connectivity index (χ4v) is 3.25. The molecule has 1 aliphatic carbocycles. The van der Waals surface area contributed by atoms with Crippen LogP contribution in [-0.2, 0) is 11.2 Å². The van der Waals surface area contributed by atoms with Crippen LogP contribution >= 0.6 is 22.6 Å². The number of carbonyl (C=O) groups is 1. The average molecular weight is 365 g/mol. The molecule has 19 heavy (non-hydrogen) atoms. The van der Waals surface area contributed by atoms with Crippen LogP contribution in [0.4, 0.5) is 0 Å². The molecule has 2 aromatic rings. The van der Waals surface area contributed by atoms with E-state index in [0.29, 0.717) is 10.3 Å². The van der Waals surface area contributed by atoms with E-state index >= 15 is 0 Å². The molecule has 0 saturated heterocycles. The van der Waals surface area contributed by atoms with Gasteiger partial charge in [0.15, 0.2) is 0 Å². The maximum Gasteiger partial charge on any atom is 0.229 e. The Hall–Kier alpha value is -1.10. The van der Waals surface area contributed by atoms with Gasteiger partial charge in [0.1, 0.15) is 0 Å². The van der Waals surface area contributed by atoms with E-state index in [0.717, 1.165) is 19.4 Å². The molecule has 0 heterocycles. The van der Waals surface area contributed by atoms with Gasteiger partial charge in [0.05, 0.1) is 4.43 Å². The van der Waals surface area contributed by atoms with Crippen molar-refractivity contribution in [3.8, 4) is 0 Å². The summed E-state index contributed by atoms with van der Waals surface area (Å²) in [6, 6.07) is 13.1. The standard InChI is InChI=1S/C16H16INO/c17-9-15(19)18-10-13-8-7-12-4-1-3-11-5-2-6-14(13)16(11)12/h1-6,13H,7-10H2,(H,18,19). The monoisotopic (exact) mass is 365 g/mol. The number of aryl methyl sites for hydroxylation is 1. The maximum absolute atomic E-state index is 11.4. The molecule has 0 fully saturated rings. The fraction of sp³-hybridized carbons (Fsp3) is 0.312. The predicted molar refractivity (Wildman–Crippen MR) is 86.9 cm³/mol. The van der Waals surface area contributed by atoms with Crippen molar-refractivity contribution in [3.05, 3.63) is 47.5 Å². The molecule has 2 aromatic carbocycles. The molecule has 0 saturated carbocycles. The zero-order valence-corrected chi connectivity index (χ0v) is 12.8. The highest BCUT2D eigenvalue weighted by Crippen LogP contribution is 2.36. The molecule has 0 aliphatic heterocycles. The Balaban J connectivity index is 1.95. The van der Waals surface area contributed by atoms with Gasteiger partial charge in [-0.3, -0.25) is 4.79 Å². The van der Waals surface area contributed by atoms with Crippen molar-refractivity contribution in [3.63, 3.8) is 0 Å². The van der Waals surface area contributed by atoms with Crippen molar-refractivity contribution < 1.29 is 4.79 Å². The van der Waals surface area contributed by atoms with E-state index in [-0.39, 0.29) is 5.91 Å². The van der Waals surface area contributed by atoms with Gasteiger partial charge in [0, 0.05) is 12.5 Å². The molecule has 1 aliphatic rings. The molecule has 3 rings (SSSR count). The normalized spacial score (nSPS) is 17.4. The lowest BCUT2D eigenvalue weighted by molar-refractivity contribution is -0.118. The third kappa shape index (κ3) is 2.48. The molecule has 3 heteroatoms. The van der Waals surface area contributed by atoms with Crippen LogP contribution in [0.1, 0.15) is 23.5 Å². The highest BCUT2D eigenvalue weighted by molar-refractivity contribution is 14.1. The van der Waals surface area contributed by atoms with Crippen LogP contribution in [0, 0.1) is 0 Å². The van der Waals surface area contributed by atoms with E-state index in [2.05, 4.69) is 64.3 Å². The molecule has 98 valence electrons. The summed E-state index contributed by atoms with van der Waals surface area (Å²) < 4.78 is 0.533. The first-order valence-electron chi connectivity index (χ1n) is 6.63. The summed E-state index contributed by atoms with van der Waals surface area (Å²) in [6.07, 6.45) is 2.23. The molecule has 1 unspecified atom stereocenters. The second kappa shape index (κ2) is 5.49. The number of benzene rings is 2. The first-order valence-corrected chi connectivity index (χ1v) is 8.15. The molecule has 0 spiro atoms. The molecular formula is C16H16INO. The third-order valence-corrected chi connectivity index (χ3v) is 4.58. The van der Waals surface area contributed by atoms with Crippen molar-refractivity contribution in [2.24, 2.45) is 0 Å². The largest absolute Gasteiger partial charge is 0.355 e. The van der Waals surface area contributed by atoms with Gasteiger partial charge in [-0.2, -0.15) is 0 Å². The molecule has 2 nitrogen and oxygen atoms in total. The number of hydrogen-bond acceptors (Lipinski definition) is 1. The number of carbonyl (C=O) groups excluding carboxylic acids is 1. The topological polar surface area (TPSA) is 29.1 Å². The summed E-state index contributed by atoms with van der Waals surface area (Å²) in [5.74, 6) is 0.581. The third-order valence-electron chi connectivity index (χ3n) is 3.89. The summed E-state index contributed by atoms with van der Waals surface area (Å²) in [6.45, 7) is 0.759. The van der Waals surface area contributed by atoms with E-state index < -0.39 is 0 Å². The van der Waals surface area contributed by atoms with Crippen molar-refractivity contribution in [1.82, 2.24) is 5.32 Å². The average Bonchev–Trinajstić information content (AvgIpc) is 2.47. The first kappa shape index (κ1) is 12.9. The molecular weight excluding hydrogens is 349 g/mol. The van der Waals surface area contributed by atoms with Gasteiger partial charge >= 0.3 is 0 Å². The van der Waals surface area contributed by atoms with Crippen molar-refractivity contribution >= 4 is 39.3 Å². The lowest BCUT2D eigenvalue weighted by atomic mass is 9.81. The Bertz CT molecular complexity index is 618. The molecule has 0 radical (unpaired) electrons. The number of hydrogen-bond donors (Lipinski definition) is 1. The number of amides is 1. The SMILES string of the molecule is O=C(CI)NCC1CCc2cccc3cccc1c23. The van der Waals surface area contributed by atoms with Crippen LogP contribution < -0.4 is 5.32 Å². The van der Waals surface area contributed by atoms with Crippen LogP contribution in [0.2, 0.25) is 0 Å². The number of alkyl halides is 1. The lowest BCUT2D eigenvalue weighted by Crippen LogP contribution is -2.30. The Morgan fingerprint density at radius 3 is 2.84 bits per heavy atom. The Morgan fingerprint density at radius 1 is 1.26 bits per heavy atom. The fourth-order valence-electron chi connectivity index (χ4n) is 2.98. The van der Waals surface area contributed by atoms with Gasteiger partial charge in [-0.1, -0.05) is 59.0 Å². The lowest BCUT2D eigenvalue weighted by Gasteiger charge is -2.26. The van der Waals surface area contributed by atoms with Crippen molar-refractivity contribution in [1.29, 1.82) is 0 Å². The second-order valence-electron chi connectivity index (χ2n) is 5.04. The van der Waals surface area contributed by atoms with Crippen LogP contribution in [-0.4, -0.2) is 16.9 Å². The quantitative estimate of drug-likeness (QED) is 0.656. The minimum Gasteiger partial charge on any atom is -0.355 e. The molecule has 0 aromatic heterocycles. The van der Waals surface area contributed by atoms with E-state index in [1.54, 1.807) is 0 Å². The van der Waals surface area contributed by atoms with Crippen LogP contribution in [0.3, 0.4) is 0 Å². The highest BCUT2D eigenvalue weighted by atomic mass is 127. The maximum atomic E-state index is 11.4. The summed E-state index contributed by atoms with van der Waals surface area (Å²) in [5.41, 5.74) is 2.85.